The first-order chi connectivity index (χ1) is 14.1. The van der Waals surface area contributed by atoms with Gasteiger partial charge in [0, 0.05) is 0 Å². The third kappa shape index (κ3) is 3.54. The van der Waals surface area contributed by atoms with Crippen LogP contribution in [-0.4, -0.2) is 22.4 Å². The van der Waals surface area contributed by atoms with E-state index < -0.39 is 0 Å². The minimum Gasteiger partial charge on any atom is -0.393 e. The fourth-order valence-electron chi connectivity index (χ4n) is 8.60. The molecule has 170 valence electrons. The van der Waals surface area contributed by atoms with Crippen molar-refractivity contribution in [1.29, 1.82) is 0 Å². The molecular weight excluding hydrogens is 368 g/mol. The molecule has 3 saturated carbocycles. The van der Waals surface area contributed by atoms with Gasteiger partial charge in [-0.3, -0.25) is 0 Å². The zero-order valence-corrected chi connectivity index (χ0v) is 20.2. The van der Waals surface area contributed by atoms with Crippen LogP contribution < -0.4 is 0 Å². The average Bonchev–Trinajstić information content (AvgIpc) is 2.96. The highest BCUT2D eigenvalue weighted by Crippen LogP contribution is 2.67. The van der Waals surface area contributed by atoms with E-state index in [0.717, 1.165) is 44.4 Å². The van der Waals surface area contributed by atoms with Crippen LogP contribution in [0.4, 0.5) is 0 Å². The van der Waals surface area contributed by atoms with Gasteiger partial charge in [0.15, 0.2) is 0 Å². The van der Waals surface area contributed by atoms with Gasteiger partial charge in [-0.05, 0) is 104 Å². The molecule has 0 bridgehead atoms. The van der Waals surface area contributed by atoms with Crippen molar-refractivity contribution in [2.24, 2.45) is 46.3 Å². The molecule has 4 aliphatic rings. The zero-order chi connectivity index (χ0) is 21.8. The van der Waals surface area contributed by atoms with Crippen LogP contribution in [0.1, 0.15) is 92.4 Å². The van der Waals surface area contributed by atoms with E-state index in [1.807, 2.05) is 0 Å². The number of allylic oxidation sites excluding steroid dienone is 2. The lowest BCUT2D eigenvalue weighted by atomic mass is 9.47. The second kappa shape index (κ2) is 8.07. The van der Waals surface area contributed by atoms with Crippen LogP contribution in [0.25, 0.3) is 0 Å². The standard InChI is InChI=1S/C28H46O2/c1-17(2)18(3)7-8-19(4)26-25(30)16-24-22-10-9-20-15-21(29)11-13-27(20,5)23(22)12-14-28(24,26)6/h9,17,19,21-26,29-30H,3,7-8,10-16H2,1-2,4-6H3. The van der Waals surface area contributed by atoms with E-state index in [1.54, 1.807) is 5.57 Å². The molecule has 0 amide bonds. The summed E-state index contributed by atoms with van der Waals surface area (Å²) in [5, 5.41) is 21.5. The molecule has 0 aliphatic heterocycles. The largest absolute Gasteiger partial charge is 0.393 e. The van der Waals surface area contributed by atoms with Crippen molar-refractivity contribution in [3.8, 4) is 0 Å². The van der Waals surface area contributed by atoms with E-state index in [1.165, 1.54) is 24.8 Å². The molecule has 0 aromatic heterocycles. The van der Waals surface area contributed by atoms with Gasteiger partial charge in [0.1, 0.15) is 0 Å². The minimum atomic E-state index is -0.146. The predicted octanol–water partition coefficient (Wildman–Crippen LogP) is 6.53. The Hall–Kier alpha value is -0.600. The lowest BCUT2D eigenvalue weighted by Crippen LogP contribution is -2.51. The summed E-state index contributed by atoms with van der Waals surface area (Å²) in [5.41, 5.74) is 3.46. The molecule has 2 heteroatoms. The molecule has 0 aromatic carbocycles. The zero-order valence-electron chi connectivity index (χ0n) is 20.2. The molecule has 3 fully saturated rings. The molecule has 9 unspecified atom stereocenters. The van der Waals surface area contributed by atoms with Gasteiger partial charge in [0.05, 0.1) is 12.2 Å². The Morgan fingerprint density at radius 2 is 1.87 bits per heavy atom. The van der Waals surface area contributed by atoms with Gasteiger partial charge in [0.25, 0.3) is 0 Å². The number of hydrogen-bond acceptors (Lipinski definition) is 2. The monoisotopic (exact) mass is 414 g/mol. The van der Waals surface area contributed by atoms with Crippen molar-refractivity contribution in [2.45, 2.75) is 105 Å². The first kappa shape index (κ1) is 22.6. The number of aliphatic hydroxyl groups is 2. The number of rotatable bonds is 5. The molecule has 30 heavy (non-hydrogen) atoms. The Bertz CT molecular complexity index is 693. The molecule has 0 heterocycles. The summed E-state index contributed by atoms with van der Waals surface area (Å²) >= 11 is 0. The molecule has 0 saturated heterocycles. The SMILES string of the molecule is C=C(CCC(C)C1C(O)CC2C3CC=C4CC(O)CCC4(C)C3CCC21C)C(C)C. The van der Waals surface area contributed by atoms with Crippen LogP contribution in [0.2, 0.25) is 0 Å². The van der Waals surface area contributed by atoms with Gasteiger partial charge in [0.2, 0.25) is 0 Å². The van der Waals surface area contributed by atoms with E-state index in [-0.39, 0.29) is 23.0 Å². The Labute approximate surface area is 185 Å². The summed E-state index contributed by atoms with van der Waals surface area (Å²) < 4.78 is 0. The van der Waals surface area contributed by atoms with Gasteiger partial charge < -0.3 is 10.2 Å². The van der Waals surface area contributed by atoms with Crippen molar-refractivity contribution in [3.63, 3.8) is 0 Å². The highest BCUT2D eigenvalue weighted by Gasteiger charge is 2.61. The first-order valence-electron chi connectivity index (χ1n) is 12.8. The summed E-state index contributed by atoms with van der Waals surface area (Å²) in [6, 6.07) is 0. The van der Waals surface area contributed by atoms with Crippen LogP contribution in [0.15, 0.2) is 23.8 Å². The molecule has 0 aromatic rings. The van der Waals surface area contributed by atoms with Crippen molar-refractivity contribution < 1.29 is 10.2 Å². The number of fused-ring (bicyclic) bond motifs is 5. The molecule has 0 spiro atoms. The summed E-state index contributed by atoms with van der Waals surface area (Å²) in [6.07, 6.45) is 12.2. The molecular formula is C28H46O2. The van der Waals surface area contributed by atoms with Crippen molar-refractivity contribution in [1.82, 2.24) is 0 Å². The third-order valence-electron chi connectivity index (χ3n) is 10.5. The second-order valence-corrected chi connectivity index (χ2v) is 12.4. The molecule has 4 rings (SSSR count). The maximum atomic E-state index is 11.3. The summed E-state index contributed by atoms with van der Waals surface area (Å²) in [4.78, 5) is 0. The first-order valence-corrected chi connectivity index (χ1v) is 12.8. The molecule has 9 atom stereocenters. The van der Waals surface area contributed by atoms with E-state index in [0.29, 0.717) is 29.6 Å². The maximum absolute atomic E-state index is 11.3. The second-order valence-electron chi connectivity index (χ2n) is 12.4. The minimum absolute atomic E-state index is 0.131. The van der Waals surface area contributed by atoms with Crippen LogP contribution in [-0.2, 0) is 0 Å². The Morgan fingerprint density at radius 1 is 1.13 bits per heavy atom. The van der Waals surface area contributed by atoms with E-state index in [4.69, 9.17) is 0 Å². The van der Waals surface area contributed by atoms with Gasteiger partial charge >= 0.3 is 0 Å². The predicted molar refractivity (Wildman–Crippen MR) is 125 cm³/mol. The average molecular weight is 415 g/mol. The molecule has 2 N–H and O–H groups in total. The summed E-state index contributed by atoms with van der Waals surface area (Å²) in [6.45, 7) is 16.2. The van der Waals surface area contributed by atoms with Crippen molar-refractivity contribution in [3.05, 3.63) is 23.8 Å². The quantitative estimate of drug-likeness (QED) is 0.502. The molecule has 0 radical (unpaired) electrons. The highest BCUT2D eigenvalue weighted by molar-refractivity contribution is 5.25. The molecule has 4 aliphatic carbocycles. The van der Waals surface area contributed by atoms with Crippen molar-refractivity contribution >= 4 is 0 Å². The number of aliphatic hydroxyl groups excluding tert-OH is 2. The van der Waals surface area contributed by atoms with Gasteiger partial charge in [-0.15, -0.1) is 0 Å². The fraction of sp³-hybridized carbons (Fsp3) is 0.857. The highest BCUT2D eigenvalue weighted by atomic mass is 16.3. The lowest BCUT2D eigenvalue weighted by Gasteiger charge is -2.58. The third-order valence-corrected chi connectivity index (χ3v) is 10.5. The van der Waals surface area contributed by atoms with Crippen molar-refractivity contribution in [2.75, 3.05) is 0 Å². The van der Waals surface area contributed by atoms with Crippen LogP contribution in [0.5, 0.6) is 0 Å². The summed E-state index contributed by atoms with van der Waals surface area (Å²) in [7, 11) is 0. The van der Waals surface area contributed by atoms with E-state index in [2.05, 4.69) is 47.3 Å². The summed E-state index contributed by atoms with van der Waals surface area (Å²) in [5.74, 6) is 3.64. The fourth-order valence-corrected chi connectivity index (χ4v) is 8.60. The van der Waals surface area contributed by atoms with Crippen LogP contribution in [0.3, 0.4) is 0 Å². The smallest absolute Gasteiger partial charge is 0.0579 e. The van der Waals surface area contributed by atoms with Crippen LogP contribution in [0, 0.1) is 46.3 Å². The normalized spacial score (nSPS) is 46.6. The van der Waals surface area contributed by atoms with Gasteiger partial charge in [-0.25, -0.2) is 0 Å². The van der Waals surface area contributed by atoms with Crippen LogP contribution >= 0.6 is 0 Å². The van der Waals surface area contributed by atoms with E-state index >= 15 is 0 Å². The maximum Gasteiger partial charge on any atom is 0.0579 e. The molecule has 2 nitrogen and oxygen atoms in total. The van der Waals surface area contributed by atoms with E-state index in [9.17, 15) is 10.2 Å². The Morgan fingerprint density at radius 3 is 2.57 bits per heavy atom. The Kier molecular flexibility index (Phi) is 6.08. The number of hydrogen-bond donors (Lipinski definition) is 2. The van der Waals surface area contributed by atoms with Gasteiger partial charge in [-0.1, -0.05) is 58.4 Å². The van der Waals surface area contributed by atoms with Gasteiger partial charge in [-0.2, -0.15) is 0 Å². The Balaban J connectivity index is 1.53. The topological polar surface area (TPSA) is 40.5 Å². The lowest BCUT2D eigenvalue weighted by molar-refractivity contribution is -0.0618.